The zero-order valence-electron chi connectivity index (χ0n) is 11.1. The van der Waals surface area contributed by atoms with E-state index in [4.69, 9.17) is 10.6 Å². The van der Waals surface area contributed by atoms with Crippen LogP contribution < -0.4 is 11.3 Å². The molecule has 5 heteroatoms. The van der Waals surface area contributed by atoms with Gasteiger partial charge in [0.15, 0.2) is 0 Å². The van der Waals surface area contributed by atoms with Crippen molar-refractivity contribution < 1.29 is 4.74 Å². The molecule has 0 aromatic carbocycles. The highest BCUT2D eigenvalue weighted by Gasteiger charge is 2.41. The molecule has 0 radical (unpaired) electrons. The van der Waals surface area contributed by atoms with Gasteiger partial charge in [0, 0.05) is 11.5 Å². The van der Waals surface area contributed by atoms with Crippen molar-refractivity contribution in [2.24, 2.45) is 11.8 Å². The minimum Gasteiger partial charge on any atom is -0.375 e. The molecule has 2 saturated heterocycles. The van der Waals surface area contributed by atoms with E-state index in [0.29, 0.717) is 5.92 Å². The lowest BCUT2D eigenvalue weighted by Crippen LogP contribution is -2.46. The third-order valence-corrected chi connectivity index (χ3v) is 6.38. The van der Waals surface area contributed by atoms with Gasteiger partial charge in [0.05, 0.1) is 11.6 Å². The predicted octanol–water partition coefficient (Wildman–Crippen LogP) is 2.94. The van der Waals surface area contributed by atoms with Gasteiger partial charge in [-0.25, -0.2) is 0 Å². The Bertz CT molecular complexity index is 385. The van der Waals surface area contributed by atoms with Crippen LogP contribution in [0.4, 0.5) is 0 Å². The Kier molecular flexibility index (Phi) is 4.49. The molecule has 2 unspecified atom stereocenters. The smallest absolute Gasteiger partial charge is 0.0701 e. The third kappa shape index (κ3) is 3.00. The summed E-state index contributed by atoms with van der Waals surface area (Å²) in [5, 5.41) is 2.13. The Balaban J connectivity index is 1.73. The highest BCUT2D eigenvalue weighted by molar-refractivity contribution is 7.99. The summed E-state index contributed by atoms with van der Waals surface area (Å²) in [4.78, 5) is 1.36. The minimum atomic E-state index is 0.139. The molecule has 3 N–H and O–H groups in total. The number of hydrogen-bond donors (Lipinski definition) is 2. The van der Waals surface area contributed by atoms with E-state index in [2.05, 4.69) is 34.7 Å². The van der Waals surface area contributed by atoms with Gasteiger partial charge in [0.2, 0.25) is 0 Å². The van der Waals surface area contributed by atoms with Crippen molar-refractivity contribution in [2.45, 2.75) is 37.3 Å². The number of hydrogen-bond acceptors (Lipinski definition) is 5. The van der Waals surface area contributed by atoms with Gasteiger partial charge in [0.25, 0.3) is 0 Å². The molecule has 0 saturated carbocycles. The fraction of sp³-hybridized carbons (Fsp3) is 0.714. The van der Waals surface area contributed by atoms with Crippen LogP contribution >= 0.6 is 23.1 Å². The zero-order chi connectivity index (χ0) is 13.1. The van der Waals surface area contributed by atoms with Crippen molar-refractivity contribution >= 4 is 23.1 Å². The van der Waals surface area contributed by atoms with Crippen LogP contribution in [0.5, 0.6) is 0 Å². The first-order chi connectivity index (χ1) is 9.33. The van der Waals surface area contributed by atoms with Gasteiger partial charge >= 0.3 is 0 Å². The summed E-state index contributed by atoms with van der Waals surface area (Å²) in [6.45, 7) is 0.888. The van der Waals surface area contributed by atoms with E-state index in [1.54, 1.807) is 11.3 Å². The van der Waals surface area contributed by atoms with Crippen LogP contribution in [0.2, 0.25) is 0 Å². The van der Waals surface area contributed by atoms with Crippen LogP contribution in [0.1, 0.15) is 36.6 Å². The van der Waals surface area contributed by atoms with E-state index < -0.39 is 0 Å². The first-order valence-electron chi connectivity index (χ1n) is 7.04. The van der Waals surface area contributed by atoms with Crippen LogP contribution in [0.3, 0.4) is 0 Å². The van der Waals surface area contributed by atoms with E-state index in [9.17, 15) is 0 Å². The molecule has 2 aliphatic heterocycles. The highest BCUT2D eigenvalue weighted by atomic mass is 32.2. The monoisotopic (exact) mass is 298 g/mol. The summed E-state index contributed by atoms with van der Waals surface area (Å²) in [5.41, 5.74) is 3.19. The minimum absolute atomic E-state index is 0.139. The lowest BCUT2D eigenvalue weighted by molar-refractivity contribution is -0.107. The topological polar surface area (TPSA) is 47.3 Å². The molecule has 2 atom stereocenters. The number of thiophene rings is 1. The van der Waals surface area contributed by atoms with E-state index in [1.165, 1.54) is 29.2 Å². The summed E-state index contributed by atoms with van der Waals surface area (Å²) in [6, 6.07) is 4.58. The quantitative estimate of drug-likeness (QED) is 0.665. The van der Waals surface area contributed by atoms with Crippen molar-refractivity contribution in [3.63, 3.8) is 0 Å². The van der Waals surface area contributed by atoms with Gasteiger partial charge in [-0.15, -0.1) is 11.3 Å². The van der Waals surface area contributed by atoms with Crippen LogP contribution in [-0.4, -0.2) is 23.7 Å². The van der Waals surface area contributed by atoms with Crippen molar-refractivity contribution in [3.8, 4) is 0 Å². The summed E-state index contributed by atoms with van der Waals surface area (Å²) >= 11 is 3.85. The number of thioether (sulfide) groups is 1. The van der Waals surface area contributed by atoms with Gasteiger partial charge in [0.1, 0.15) is 0 Å². The van der Waals surface area contributed by atoms with Crippen molar-refractivity contribution in [1.29, 1.82) is 0 Å². The summed E-state index contributed by atoms with van der Waals surface area (Å²) in [7, 11) is 0. The Morgan fingerprint density at radius 2 is 2.26 bits per heavy atom. The van der Waals surface area contributed by atoms with Gasteiger partial charge in [-0.1, -0.05) is 6.07 Å². The van der Waals surface area contributed by atoms with Crippen LogP contribution in [0, 0.1) is 5.92 Å². The largest absolute Gasteiger partial charge is 0.375 e. The molecule has 3 heterocycles. The molecule has 3 nitrogen and oxygen atoms in total. The molecule has 2 fully saturated rings. The average Bonchev–Trinajstić information content (AvgIpc) is 2.95. The van der Waals surface area contributed by atoms with Gasteiger partial charge in [-0.2, -0.15) is 11.8 Å². The molecule has 1 aromatic heterocycles. The fourth-order valence-corrected chi connectivity index (χ4v) is 5.48. The Hall–Kier alpha value is -0.0700. The average molecular weight is 298 g/mol. The highest BCUT2D eigenvalue weighted by Crippen LogP contribution is 2.43. The SMILES string of the molecule is NNC(c1cccs1)C1CCOC2(CCSCC2)C1. The molecule has 1 aromatic rings. The number of ether oxygens (including phenoxy) is 1. The normalized spacial score (nSPS) is 28.4. The number of nitrogens with one attached hydrogen (secondary N) is 1. The first kappa shape index (κ1) is 13.9. The van der Waals surface area contributed by atoms with Crippen LogP contribution in [-0.2, 0) is 4.74 Å². The number of rotatable bonds is 3. The second kappa shape index (κ2) is 6.14. The molecule has 2 aliphatic rings. The zero-order valence-corrected chi connectivity index (χ0v) is 12.8. The van der Waals surface area contributed by atoms with E-state index in [1.807, 2.05) is 0 Å². The Morgan fingerprint density at radius 3 is 2.95 bits per heavy atom. The van der Waals surface area contributed by atoms with E-state index in [-0.39, 0.29) is 11.6 Å². The molecule has 19 heavy (non-hydrogen) atoms. The third-order valence-electron chi connectivity index (χ3n) is 4.44. The van der Waals surface area contributed by atoms with E-state index in [0.717, 1.165) is 19.4 Å². The predicted molar refractivity (Wildman–Crippen MR) is 82.3 cm³/mol. The van der Waals surface area contributed by atoms with Crippen molar-refractivity contribution in [3.05, 3.63) is 22.4 Å². The molecular weight excluding hydrogens is 276 g/mol. The number of nitrogens with two attached hydrogens (primary N) is 1. The maximum atomic E-state index is 6.17. The molecule has 3 rings (SSSR count). The Labute approximate surface area is 123 Å². The molecule has 106 valence electrons. The lowest BCUT2D eigenvalue weighted by Gasteiger charge is -2.45. The maximum Gasteiger partial charge on any atom is 0.0701 e. The molecule has 0 aliphatic carbocycles. The summed E-state index contributed by atoms with van der Waals surface area (Å²) in [6.07, 6.45) is 4.67. The lowest BCUT2D eigenvalue weighted by atomic mass is 9.78. The van der Waals surface area contributed by atoms with Crippen LogP contribution in [0.15, 0.2) is 17.5 Å². The second-order valence-electron chi connectivity index (χ2n) is 5.56. The van der Waals surface area contributed by atoms with Crippen molar-refractivity contribution in [2.75, 3.05) is 18.1 Å². The Morgan fingerprint density at radius 1 is 1.42 bits per heavy atom. The summed E-state index contributed by atoms with van der Waals surface area (Å²) in [5.74, 6) is 8.91. The van der Waals surface area contributed by atoms with Gasteiger partial charge < -0.3 is 4.74 Å². The molecule has 1 spiro atoms. The first-order valence-corrected chi connectivity index (χ1v) is 9.08. The molecule has 0 bridgehead atoms. The fourth-order valence-electron chi connectivity index (χ4n) is 3.36. The van der Waals surface area contributed by atoms with E-state index >= 15 is 0 Å². The number of hydrazine groups is 1. The molecular formula is C14H22N2OS2. The molecule has 0 amide bonds. The van der Waals surface area contributed by atoms with Crippen LogP contribution in [0.25, 0.3) is 0 Å². The van der Waals surface area contributed by atoms with Crippen molar-refractivity contribution in [1.82, 2.24) is 5.43 Å². The maximum absolute atomic E-state index is 6.17. The summed E-state index contributed by atoms with van der Waals surface area (Å²) < 4.78 is 6.17. The standard InChI is InChI=1S/C14H22N2OS2/c15-16-13(12-2-1-7-19-12)11-3-6-17-14(10-11)4-8-18-9-5-14/h1-2,7,11,13,16H,3-6,8-10,15H2. The van der Waals surface area contributed by atoms with Gasteiger partial charge in [-0.3, -0.25) is 11.3 Å². The van der Waals surface area contributed by atoms with Gasteiger partial charge in [-0.05, 0) is 54.6 Å². The second-order valence-corrected chi connectivity index (χ2v) is 7.76.